The van der Waals surface area contributed by atoms with Crippen molar-refractivity contribution < 1.29 is 4.79 Å². The van der Waals surface area contributed by atoms with Gasteiger partial charge in [0, 0.05) is 23.5 Å². The highest BCUT2D eigenvalue weighted by Gasteiger charge is 2.57. The molecule has 0 bridgehead atoms. The van der Waals surface area contributed by atoms with E-state index in [1.807, 2.05) is 23.0 Å². The summed E-state index contributed by atoms with van der Waals surface area (Å²) in [5.74, 6) is 0.350. The Balaban J connectivity index is 1.53. The van der Waals surface area contributed by atoms with Crippen molar-refractivity contribution in [2.75, 3.05) is 13.1 Å². The number of carbonyl (C=O) groups is 1. The van der Waals surface area contributed by atoms with Gasteiger partial charge in [-0.2, -0.15) is 5.10 Å². The molecule has 3 N–H and O–H groups in total. The van der Waals surface area contributed by atoms with Crippen LogP contribution in [0.1, 0.15) is 22.3 Å². The molecule has 2 unspecified atom stereocenters. The molecule has 1 aliphatic heterocycles. The van der Waals surface area contributed by atoms with E-state index in [1.165, 1.54) is 12.0 Å². The molecule has 120 valence electrons. The maximum atomic E-state index is 11.6. The standard InChI is InChI=1S/C19H18N4O/c20-18(24)16-3-1-2-12-10-23(22-17(12)16)15-6-4-13(5-7-15)19-8-14(19)9-21-11-19/h1-7,10,14,21H,8-9,11H2,(H2,20,24). The summed E-state index contributed by atoms with van der Waals surface area (Å²) in [6, 6.07) is 14.1. The van der Waals surface area contributed by atoms with Crippen molar-refractivity contribution in [1.82, 2.24) is 15.1 Å². The van der Waals surface area contributed by atoms with E-state index in [9.17, 15) is 4.79 Å². The van der Waals surface area contributed by atoms with Gasteiger partial charge in [-0.25, -0.2) is 4.68 Å². The molecule has 0 spiro atoms. The Bertz CT molecular complexity index is 959. The van der Waals surface area contributed by atoms with Gasteiger partial charge in [0.05, 0.1) is 11.3 Å². The predicted octanol–water partition coefficient (Wildman–Crippen LogP) is 1.99. The minimum absolute atomic E-state index is 0.368. The molecule has 1 amide bonds. The fraction of sp³-hybridized carbons (Fsp3) is 0.263. The van der Waals surface area contributed by atoms with Crippen molar-refractivity contribution in [3.63, 3.8) is 0 Å². The predicted molar refractivity (Wildman–Crippen MR) is 92.2 cm³/mol. The van der Waals surface area contributed by atoms with Crippen LogP contribution in [0, 0.1) is 5.92 Å². The molecule has 5 nitrogen and oxygen atoms in total. The van der Waals surface area contributed by atoms with Gasteiger partial charge in [-0.3, -0.25) is 4.79 Å². The van der Waals surface area contributed by atoms with Gasteiger partial charge in [0.1, 0.15) is 5.52 Å². The number of hydrogen-bond acceptors (Lipinski definition) is 3. The van der Waals surface area contributed by atoms with Crippen LogP contribution in [0.4, 0.5) is 0 Å². The summed E-state index contributed by atoms with van der Waals surface area (Å²) in [7, 11) is 0. The summed E-state index contributed by atoms with van der Waals surface area (Å²) in [6.07, 6.45) is 3.24. The van der Waals surface area contributed by atoms with Crippen LogP contribution in [0.5, 0.6) is 0 Å². The number of amides is 1. The van der Waals surface area contributed by atoms with Gasteiger partial charge in [-0.15, -0.1) is 0 Å². The van der Waals surface area contributed by atoms with Crippen LogP contribution < -0.4 is 11.1 Å². The number of piperidine rings is 1. The molecule has 0 radical (unpaired) electrons. The molecule has 2 aliphatic rings. The van der Waals surface area contributed by atoms with Crippen LogP contribution in [0.3, 0.4) is 0 Å². The number of hydrogen-bond donors (Lipinski definition) is 2. The molecule has 2 heterocycles. The molecule has 1 saturated heterocycles. The average molecular weight is 318 g/mol. The quantitative estimate of drug-likeness (QED) is 0.775. The lowest BCUT2D eigenvalue weighted by atomic mass is 9.95. The van der Waals surface area contributed by atoms with Crippen LogP contribution in [-0.2, 0) is 5.41 Å². The lowest BCUT2D eigenvalue weighted by molar-refractivity contribution is 0.100. The molecule has 5 heteroatoms. The monoisotopic (exact) mass is 318 g/mol. The molecule has 2 atom stereocenters. The second-order valence-electron chi connectivity index (χ2n) is 6.92. The zero-order chi connectivity index (χ0) is 16.3. The number of primary amides is 1. The van der Waals surface area contributed by atoms with Crippen LogP contribution in [0.25, 0.3) is 16.6 Å². The number of rotatable bonds is 3. The first-order chi connectivity index (χ1) is 11.7. The number of nitrogens with one attached hydrogen (secondary N) is 1. The Morgan fingerprint density at radius 1 is 1.25 bits per heavy atom. The van der Waals surface area contributed by atoms with E-state index < -0.39 is 5.91 Å². The Morgan fingerprint density at radius 2 is 2.08 bits per heavy atom. The van der Waals surface area contributed by atoms with Gasteiger partial charge in [-0.1, -0.05) is 24.3 Å². The summed E-state index contributed by atoms with van der Waals surface area (Å²) in [6.45, 7) is 2.23. The first-order valence-electron chi connectivity index (χ1n) is 8.27. The maximum Gasteiger partial charge on any atom is 0.250 e. The molecule has 2 aromatic carbocycles. The van der Waals surface area contributed by atoms with E-state index >= 15 is 0 Å². The van der Waals surface area contributed by atoms with Crippen molar-refractivity contribution in [2.24, 2.45) is 11.7 Å². The van der Waals surface area contributed by atoms with Crippen molar-refractivity contribution >= 4 is 16.8 Å². The molecular weight excluding hydrogens is 300 g/mol. The fourth-order valence-electron chi connectivity index (χ4n) is 4.11. The maximum absolute atomic E-state index is 11.6. The number of benzene rings is 2. The van der Waals surface area contributed by atoms with Crippen molar-refractivity contribution in [3.05, 3.63) is 59.8 Å². The molecule has 24 heavy (non-hydrogen) atoms. The highest BCUT2D eigenvalue weighted by molar-refractivity contribution is 6.04. The SMILES string of the molecule is NC(=O)c1cccc2cn(-c3ccc(C45CNCC4C5)cc3)nc12. The highest BCUT2D eigenvalue weighted by Crippen LogP contribution is 2.56. The van der Waals surface area contributed by atoms with Gasteiger partial charge < -0.3 is 11.1 Å². The zero-order valence-electron chi connectivity index (χ0n) is 13.2. The largest absolute Gasteiger partial charge is 0.366 e. The second-order valence-corrected chi connectivity index (χ2v) is 6.92. The van der Waals surface area contributed by atoms with E-state index in [2.05, 4.69) is 34.7 Å². The second kappa shape index (κ2) is 4.68. The molecule has 1 saturated carbocycles. The topological polar surface area (TPSA) is 72.9 Å². The molecule has 2 fully saturated rings. The van der Waals surface area contributed by atoms with Crippen molar-refractivity contribution in [3.8, 4) is 5.69 Å². The highest BCUT2D eigenvalue weighted by atomic mass is 16.1. The zero-order valence-corrected chi connectivity index (χ0v) is 13.2. The number of aromatic nitrogens is 2. The lowest BCUT2D eigenvalue weighted by Crippen LogP contribution is -2.19. The smallest absolute Gasteiger partial charge is 0.250 e. The Morgan fingerprint density at radius 3 is 2.75 bits per heavy atom. The van der Waals surface area contributed by atoms with E-state index in [0.29, 0.717) is 16.5 Å². The van der Waals surface area contributed by atoms with E-state index in [4.69, 9.17) is 5.73 Å². The van der Waals surface area contributed by atoms with Gasteiger partial charge in [-0.05, 0) is 42.6 Å². The average Bonchev–Trinajstić information content (AvgIpc) is 2.96. The van der Waals surface area contributed by atoms with Gasteiger partial charge in [0.2, 0.25) is 0 Å². The van der Waals surface area contributed by atoms with E-state index in [0.717, 1.165) is 30.1 Å². The Kier molecular flexibility index (Phi) is 2.68. The summed E-state index contributed by atoms with van der Waals surface area (Å²) in [5, 5.41) is 8.96. The Labute approximate surface area is 139 Å². The summed E-state index contributed by atoms with van der Waals surface area (Å²) >= 11 is 0. The summed E-state index contributed by atoms with van der Waals surface area (Å²) < 4.78 is 1.82. The van der Waals surface area contributed by atoms with Gasteiger partial charge in [0.15, 0.2) is 0 Å². The molecule has 1 aromatic heterocycles. The molecular formula is C19H18N4O. The normalized spacial score (nSPS) is 24.9. The molecule has 3 aromatic rings. The Hall–Kier alpha value is -2.66. The third-order valence-corrected chi connectivity index (χ3v) is 5.57. The van der Waals surface area contributed by atoms with Crippen molar-refractivity contribution in [1.29, 1.82) is 0 Å². The minimum atomic E-state index is -0.450. The van der Waals surface area contributed by atoms with E-state index in [-0.39, 0.29) is 0 Å². The summed E-state index contributed by atoms with van der Waals surface area (Å²) in [5.41, 5.74) is 9.32. The number of nitrogens with two attached hydrogens (primary N) is 1. The van der Waals surface area contributed by atoms with E-state index in [1.54, 1.807) is 6.07 Å². The van der Waals surface area contributed by atoms with Crippen LogP contribution >= 0.6 is 0 Å². The first kappa shape index (κ1) is 13.7. The van der Waals surface area contributed by atoms with Gasteiger partial charge in [0.25, 0.3) is 5.91 Å². The van der Waals surface area contributed by atoms with Crippen molar-refractivity contribution in [2.45, 2.75) is 11.8 Å². The third kappa shape index (κ3) is 1.85. The van der Waals surface area contributed by atoms with Crippen LogP contribution in [0.15, 0.2) is 48.7 Å². The third-order valence-electron chi connectivity index (χ3n) is 5.57. The van der Waals surface area contributed by atoms with Crippen LogP contribution in [0.2, 0.25) is 0 Å². The molecule has 1 aliphatic carbocycles. The van der Waals surface area contributed by atoms with Crippen LogP contribution in [-0.4, -0.2) is 28.8 Å². The number of nitrogens with zero attached hydrogens (tertiary/aromatic N) is 2. The number of carbonyl (C=O) groups excluding carboxylic acids is 1. The first-order valence-corrected chi connectivity index (χ1v) is 8.27. The van der Waals surface area contributed by atoms with Gasteiger partial charge >= 0.3 is 0 Å². The summed E-state index contributed by atoms with van der Waals surface area (Å²) in [4.78, 5) is 11.6. The number of fused-ring (bicyclic) bond motifs is 2. The fourth-order valence-corrected chi connectivity index (χ4v) is 4.11. The minimum Gasteiger partial charge on any atom is -0.366 e. The lowest BCUT2D eigenvalue weighted by Gasteiger charge is -2.12. The molecule has 5 rings (SSSR count).